The van der Waals surface area contributed by atoms with E-state index in [9.17, 15) is 18.4 Å². The summed E-state index contributed by atoms with van der Waals surface area (Å²) in [7, 11) is 0. The van der Waals surface area contributed by atoms with Crippen LogP contribution in [0, 0.1) is 6.92 Å². The van der Waals surface area contributed by atoms with Crippen LogP contribution in [0.15, 0.2) is 16.9 Å². The van der Waals surface area contributed by atoms with Crippen molar-refractivity contribution in [3.8, 4) is 0 Å². The van der Waals surface area contributed by atoms with E-state index in [2.05, 4.69) is 0 Å². The van der Waals surface area contributed by atoms with Gasteiger partial charge >= 0.3 is 0 Å². The van der Waals surface area contributed by atoms with Crippen LogP contribution in [-0.2, 0) is 12.0 Å². The lowest BCUT2D eigenvalue weighted by molar-refractivity contribution is -0.0523. The third-order valence-corrected chi connectivity index (χ3v) is 5.81. The Balaban J connectivity index is 1.95. The molecule has 4 rings (SSSR count). The molecule has 0 bridgehead atoms. The van der Waals surface area contributed by atoms with Crippen LogP contribution in [0.3, 0.4) is 0 Å². The first-order valence-corrected chi connectivity index (χ1v) is 8.67. The van der Waals surface area contributed by atoms with E-state index in [1.807, 2.05) is 6.92 Å². The SMILES string of the molecule is CC(=O)c1cc(C)cc2c(=O)n3c(nc12)C1(CC3)CCC(F)(F)CC1. The van der Waals surface area contributed by atoms with Crippen molar-refractivity contribution in [3.05, 3.63) is 39.4 Å². The summed E-state index contributed by atoms with van der Waals surface area (Å²) in [5, 5.41) is 0.437. The number of hydrogen-bond acceptors (Lipinski definition) is 3. The Morgan fingerprint density at radius 1 is 1.16 bits per heavy atom. The van der Waals surface area contributed by atoms with E-state index in [0.717, 1.165) is 5.56 Å². The van der Waals surface area contributed by atoms with E-state index in [4.69, 9.17) is 4.98 Å². The molecule has 2 aliphatic rings. The summed E-state index contributed by atoms with van der Waals surface area (Å²) in [6.45, 7) is 3.80. The molecule has 2 heterocycles. The molecule has 0 N–H and O–H groups in total. The molecule has 6 heteroatoms. The largest absolute Gasteiger partial charge is 0.296 e. The fraction of sp³-hybridized carbons (Fsp3) is 0.526. The number of aryl methyl sites for hydroxylation is 1. The number of ketones is 1. The summed E-state index contributed by atoms with van der Waals surface area (Å²) >= 11 is 0. The molecule has 1 aromatic carbocycles. The monoisotopic (exact) mass is 346 g/mol. The van der Waals surface area contributed by atoms with Crippen LogP contribution < -0.4 is 5.56 Å². The van der Waals surface area contributed by atoms with Crippen LogP contribution in [-0.4, -0.2) is 21.3 Å². The van der Waals surface area contributed by atoms with Gasteiger partial charge in [-0.05, 0) is 50.8 Å². The number of aromatic nitrogens is 2. The van der Waals surface area contributed by atoms with Gasteiger partial charge < -0.3 is 0 Å². The smallest absolute Gasteiger partial charge is 0.261 e. The molecule has 1 spiro atoms. The van der Waals surface area contributed by atoms with Crippen LogP contribution in [0.1, 0.15) is 60.8 Å². The highest BCUT2D eigenvalue weighted by molar-refractivity contribution is 6.05. The van der Waals surface area contributed by atoms with Gasteiger partial charge in [0.05, 0.1) is 10.9 Å². The molecule has 2 aromatic rings. The highest BCUT2D eigenvalue weighted by Gasteiger charge is 2.49. The van der Waals surface area contributed by atoms with Crippen molar-refractivity contribution >= 4 is 16.7 Å². The first-order valence-electron chi connectivity index (χ1n) is 8.67. The lowest BCUT2D eigenvalue weighted by Gasteiger charge is -2.36. The number of Topliss-reactive ketones (excluding diaryl/α,β-unsaturated/α-hetero) is 1. The van der Waals surface area contributed by atoms with Crippen molar-refractivity contribution in [1.82, 2.24) is 9.55 Å². The molecule has 1 saturated carbocycles. The van der Waals surface area contributed by atoms with Crippen molar-refractivity contribution in [2.45, 2.75) is 63.8 Å². The van der Waals surface area contributed by atoms with Gasteiger partial charge in [-0.3, -0.25) is 14.2 Å². The van der Waals surface area contributed by atoms with Crippen molar-refractivity contribution in [2.75, 3.05) is 0 Å². The number of hydrogen-bond donors (Lipinski definition) is 0. The minimum atomic E-state index is -2.63. The molecule has 0 unspecified atom stereocenters. The summed E-state index contributed by atoms with van der Waals surface area (Å²) in [6.07, 6.45) is 0.983. The van der Waals surface area contributed by atoms with Gasteiger partial charge in [0.25, 0.3) is 5.56 Å². The van der Waals surface area contributed by atoms with E-state index < -0.39 is 11.3 Å². The predicted octanol–water partition coefficient (Wildman–Crippen LogP) is 3.76. The van der Waals surface area contributed by atoms with E-state index in [1.165, 1.54) is 6.92 Å². The maximum Gasteiger partial charge on any atom is 0.261 e. The zero-order valence-corrected chi connectivity index (χ0v) is 14.4. The Kier molecular flexibility index (Phi) is 3.40. The van der Waals surface area contributed by atoms with Gasteiger partial charge in [-0.25, -0.2) is 13.8 Å². The van der Waals surface area contributed by atoms with Gasteiger partial charge in [0.2, 0.25) is 5.92 Å². The van der Waals surface area contributed by atoms with Crippen molar-refractivity contribution in [2.24, 2.45) is 0 Å². The molecule has 0 amide bonds. The lowest BCUT2D eigenvalue weighted by Crippen LogP contribution is -2.37. The van der Waals surface area contributed by atoms with Crippen LogP contribution in [0.2, 0.25) is 0 Å². The van der Waals surface area contributed by atoms with Gasteiger partial charge in [-0.2, -0.15) is 0 Å². The minimum Gasteiger partial charge on any atom is -0.296 e. The first-order chi connectivity index (χ1) is 11.7. The molecule has 25 heavy (non-hydrogen) atoms. The van der Waals surface area contributed by atoms with Crippen LogP contribution >= 0.6 is 0 Å². The zero-order chi connectivity index (χ0) is 18.0. The maximum atomic E-state index is 13.6. The Morgan fingerprint density at radius 3 is 2.48 bits per heavy atom. The van der Waals surface area contributed by atoms with E-state index >= 15 is 0 Å². The summed E-state index contributed by atoms with van der Waals surface area (Å²) in [5.41, 5.74) is 1.04. The summed E-state index contributed by atoms with van der Waals surface area (Å²) in [6, 6.07) is 3.50. The Labute approximate surface area is 143 Å². The molecule has 132 valence electrons. The molecule has 1 aliphatic heterocycles. The summed E-state index contributed by atoms with van der Waals surface area (Å²) < 4.78 is 28.9. The molecular formula is C19H20F2N2O2. The van der Waals surface area contributed by atoms with Crippen LogP contribution in [0.25, 0.3) is 10.9 Å². The second-order valence-corrected chi connectivity index (χ2v) is 7.54. The normalized spacial score (nSPS) is 20.8. The molecule has 0 radical (unpaired) electrons. The third kappa shape index (κ3) is 2.41. The molecule has 1 aromatic heterocycles. The summed E-state index contributed by atoms with van der Waals surface area (Å²) in [4.78, 5) is 29.7. The van der Waals surface area contributed by atoms with E-state index in [0.29, 0.717) is 48.1 Å². The number of rotatable bonds is 1. The first kappa shape index (κ1) is 16.4. The maximum absolute atomic E-state index is 13.6. The highest BCUT2D eigenvalue weighted by atomic mass is 19.3. The van der Waals surface area contributed by atoms with E-state index in [1.54, 1.807) is 16.7 Å². The number of alkyl halides is 2. The summed E-state index contributed by atoms with van der Waals surface area (Å²) in [5.74, 6) is -2.18. The van der Waals surface area contributed by atoms with Gasteiger partial charge in [0, 0.05) is 30.4 Å². The number of carbonyl (C=O) groups excluding carboxylic acids is 1. The molecule has 0 atom stereocenters. The third-order valence-electron chi connectivity index (χ3n) is 5.81. The molecular weight excluding hydrogens is 326 g/mol. The quantitative estimate of drug-likeness (QED) is 0.739. The van der Waals surface area contributed by atoms with E-state index in [-0.39, 0.29) is 24.2 Å². The standard InChI is InChI=1S/C19H20F2N2O2/c1-11-9-13(12(2)24)15-14(10-11)16(25)23-8-7-18(17(23)22-15)3-5-19(20,21)6-4-18/h9-10H,3-8H2,1-2H3. The van der Waals surface area contributed by atoms with Gasteiger partial charge in [0.15, 0.2) is 5.78 Å². The average Bonchev–Trinajstić information content (AvgIpc) is 2.90. The van der Waals surface area contributed by atoms with Crippen molar-refractivity contribution < 1.29 is 13.6 Å². The minimum absolute atomic E-state index is 0.146. The Hall–Kier alpha value is -2.11. The van der Waals surface area contributed by atoms with Gasteiger partial charge in [-0.1, -0.05) is 0 Å². The second kappa shape index (κ2) is 5.19. The number of carbonyl (C=O) groups is 1. The number of benzene rings is 1. The lowest BCUT2D eigenvalue weighted by atomic mass is 9.71. The number of halogens is 2. The Bertz CT molecular complexity index is 952. The van der Waals surface area contributed by atoms with Crippen LogP contribution in [0.5, 0.6) is 0 Å². The fourth-order valence-corrected chi connectivity index (χ4v) is 4.36. The average molecular weight is 346 g/mol. The van der Waals surface area contributed by atoms with Crippen LogP contribution in [0.4, 0.5) is 8.78 Å². The van der Waals surface area contributed by atoms with Crippen molar-refractivity contribution in [1.29, 1.82) is 0 Å². The fourth-order valence-electron chi connectivity index (χ4n) is 4.36. The molecule has 4 nitrogen and oxygen atoms in total. The van der Waals surface area contributed by atoms with Gasteiger partial charge in [-0.15, -0.1) is 0 Å². The molecule has 1 aliphatic carbocycles. The Morgan fingerprint density at radius 2 is 1.84 bits per heavy atom. The predicted molar refractivity (Wildman–Crippen MR) is 90.5 cm³/mol. The second-order valence-electron chi connectivity index (χ2n) is 7.54. The molecule has 1 fully saturated rings. The number of nitrogens with zero attached hydrogens (tertiary/aromatic N) is 2. The topological polar surface area (TPSA) is 52.0 Å². The molecule has 0 saturated heterocycles. The van der Waals surface area contributed by atoms with Crippen molar-refractivity contribution in [3.63, 3.8) is 0 Å². The number of fused-ring (bicyclic) bond motifs is 3. The highest BCUT2D eigenvalue weighted by Crippen LogP contribution is 2.49. The zero-order valence-electron chi connectivity index (χ0n) is 14.4. The van der Waals surface area contributed by atoms with Gasteiger partial charge in [0.1, 0.15) is 5.82 Å².